The molecule has 0 unspecified atom stereocenters. The van der Waals surface area contributed by atoms with Crippen LogP contribution in [-0.4, -0.2) is 29.0 Å². The lowest BCUT2D eigenvalue weighted by atomic mass is 10.0. The van der Waals surface area contributed by atoms with Gasteiger partial charge in [-0.25, -0.2) is 13.8 Å². The summed E-state index contributed by atoms with van der Waals surface area (Å²) < 4.78 is 26.4. The Hall–Kier alpha value is -2.44. The van der Waals surface area contributed by atoms with E-state index < -0.39 is 5.92 Å². The van der Waals surface area contributed by atoms with Crippen LogP contribution in [0.15, 0.2) is 30.5 Å². The second-order valence-corrected chi connectivity index (χ2v) is 5.42. The van der Waals surface area contributed by atoms with Gasteiger partial charge in [0, 0.05) is 43.4 Å². The number of aromatic nitrogens is 2. The van der Waals surface area contributed by atoms with Crippen molar-refractivity contribution in [3.8, 4) is 11.1 Å². The number of hydrogen-bond donors (Lipinski definition) is 2. The van der Waals surface area contributed by atoms with Crippen LogP contribution in [0.2, 0.25) is 0 Å². The molecule has 5 nitrogen and oxygen atoms in total. The first-order valence-corrected chi connectivity index (χ1v) is 7.06. The zero-order valence-corrected chi connectivity index (χ0v) is 12.0. The van der Waals surface area contributed by atoms with Crippen molar-refractivity contribution in [1.29, 1.82) is 0 Å². The minimum Gasteiger partial charge on any atom is -0.383 e. The smallest absolute Gasteiger partial charge is 0.251 e. The normalized spacial score (nSPS) is 17.5. The lowest BCUT2D eigenvalue weighted by Gasteiger charge is -2.33. The SMILES string of the molecule is Nc1ncc(-c2ccc(N3CCC(F)(F)CC3)cc2)c(N)n1. The number of nitrogens with zero attached hydrogens (tertiary/aromatic N) is 3. The zero-order valence-electron chi connectivity index (χ0n) is 12.0. The molecule has 0 spiro atoms. The average Bonchev–Trinajstić information content (AvgIpc) is 2.48. The van der Waals surface area contributed by atoms with Crippen molar-refractivity contribution in [1.82, 2.24) is 9.97 Å². The molecule has 4 N–H and O–H groups in total. The van der Waals surface area contributed by atoms with Crippen molar-refractivity contribution in [3.63, 3.8) is 0 Å². The number of nitrogens with two attached hydrogens (primary N) is 2. The molecular formula is C15H17F2N5. The van der Waals surface area contributed by atoms with Gasteiger partial charge in [-0.3, -0.25) is 0 Å². The number of benzene rings is 1. The highest BCUT2D eigenvalue weighted by molar-refractivity contribution is 5.74. The van der Waals surface area contributed by atoms with Gasteiger partial charge in [0.15, 0.2) is 0 Å². The summed E-state index contributed by atoms with van der Waals surface area (Å²) in [5.41, 5.74) is 13.8. The number of nitrogen functional groups attached to an aromatic ring is 2. The Morgan fingerprint density at radius 1 is 1.05 bits per heavy atom. The van der Waals surface area contributed by atoms with E-state index in [1.165, 1.54) is 0 Å². The molecule has 0 bridgehead atoms. The van der Waals surface area contributed by atoms with Gasteiger partial charge in [-0.1, -0.05) is 12.1 Å². The highest BCUT2D eigenvalue weighted by atomic mass is 19.3. The fourth-order valence-corrected chi connectivity index (χ4v) is 2.58. The third-order valence-corrected chi connectivity index (χ3v) is 3.88. The molecule has 1 aromatic heterocycles. The van der Waals surface area contributed by atoms with E-state index in [1.807, 2.05) is 29.2 Å². The Labute approximate surface area is 127 Å². The lowest BCUT2D eigenvalue weighted by molar-refractivity contribution is -0.0220. The van der Waals surface area contributed by atoms with Gasteiger partial charge in [-0.15, -0.1) is 0 Å². The van der Waals surface area contributed by atoms with Gasteiger partial charge in [0.05, 0.1) is 0 Å². The van der Waals surface area contributed by atoms with Crippen LogP contribution in [-0.2, 0) is 0 Å². The first-order valence-electron chi connectivity index (χ1n) is 7.06. The van der Waals surface area contributed by atoms with Crippen molar-refractivity contribution in [2.75, 3.05) is 29.5 Å². The molecular weight excluding hydrogens is 288 g/mol. The Morgan fingerprint density at radius 2 is 1.68 bits per heavy atom. The Balaban J connectivity index is 1.78. The summed E-state index contributed by atoms with van der Waals surface area (Å²) in [6, 6.07) is 7.56. The maximum Gasteiger partial charge on any atom is 0.251 e. The van der Waals surface area contributed by atoms with Crippen molar-refractivity contribution >= 4 is 17.5 Å². The Kier molecular flexibility index (Phi) is 3.56. The van der Waals surface area contributed by atoms with Gasteiger partial charge in [0.2, 0.25) is 5.95 Å². The summed E-state index contributed by atoms with van der Waals surface area (Å²) in [5.74, 6) is -2.09. The van der Waals surface area contributed by atoms with E-state index in [4.69, 9.17) is 11.5 Å². The summed E-state index contributed by atoms with van der Waals surface area (Å²) in [7, 11) is 0. The molecule has 0 atom stereocenters. The number of piperidine rings is 1. The van der Waals surface area contributed by atoms with E-state index >= 15 is 0 Å². The van der Waals surface area contributed by atoms with Gasteiger partial charge in [0.25, 0.3) is 5.92 Å². The fraction of sp³-hybridized carbons (Fsp3) is 0.333. The number of anilines is 3. The van der Waals surface area contributed by atoms with Crippen LogP contribution in [0.25, 0.3) is 11.1 Å². The second kappa shape index (κ2) is 5.40. The minimum atomic E-state index is -2.54. The van der Waals surface area contributed by atoms with Crippen molar-refractivity contribution in [2.45, 2.75) is 18.8 Å². The molecule has 0 aliphatic carbocycles. The number of alkyl halides is 2. The van der Waals surface area contributed by atoms with Crippen LogP contribution in [0, 0.1) is 0 Å². The molecule has 0 saturated carbocycles. The molecule has 7 heteroatoms. The van der Waals surface area contributed by atoms with Crippen LogP contribution in [0.1, 0.15) is 12.8 Å². The molecule has 0 amide bonds. The third-order valence-electron chi connectivity index (χ3n) is 3.88. The Bertz CT molecular complexity index is 662. The molecule has 2 aromatic rings. The van der Waals surface area contributed by atoms with E-state index in [9.17, 15) is 8.78 Å². The van der Waals surface area contributed by atoms with E-state index in [2.05, 4.69) is 9.97 Å². The predicted molar refractivity (Wildman–Crippen MR) is 82.7 cm³/mol. The van der Waals surface area contributed by atoms with Crippen molar-refractivity contribution in [2.24, 2.45) is 0 Å². The monoisotopic (exact) mass is 305 g/mol. The number of rotatable bonds is 2. The van der Waals surface area contributed by atoms with E-state index in [0.717, 1.165) is 11.3 Å². The highest BCUT2D eigenvalue weighted by Crippen LogP contribution is 2.32. The van der Waals surface area contributed by atoms with Crippen molar-refractivity contribution < 1.29 is 8.78 Å². The second-order valence-electron chi connectivity index (χ2n) is 5.42. The molecule has 1 saturated heterocycles. The van der Waals surface area contributed by atoms with Gasteiger partial charge >= 0.3 is 0 Å². The molecule has 22 heavy (non-hydrogen) atoms. The summed E-state index contributed by atoms with van der Waals surface area (Å²) in [6.45, 7) is 0.721. The van der Waals surface area contributed by atoms with E-state index in [-0.39, 0.29) is 18.8 Å². The lowest BCUT2D eigenvalue weighted by Crippen LogP contribution is -2.39. The number of halogens is 2. The molecule has 3 rings (SSSR count). The number of hydrogen-bond acceptors (Lipinski definition) is 5. The maximum atomic E-state index is 13.2. The van der Waals surface area contributed by atoms with E-state index in [1.54, 1.807) is 6.20 Å². The fourth-order valence-electron chi connectivity index (χ4n) is 2.58. The average molecular weight is 305 g/mol. The van der Waals surface area contributed by atoms with Crippen molar-refractivity contribution in [3.05, 3.63) is 30.5 Å². The summed E-state index contributed by atoms with van der Waals surface area (Å²) >= 11 is 0. The van der Waals surface area contributed by atoms with Gasteiger partial charge < -0.3 is 16.4 Å². The summed E-state index contributed by atoms with van der Waals surface area (Å²) in [6.07, 6.45) is 1.37. The standard InChI is InChI=1S/C15H17F2N5/c16-15(17)5-7-22(8-6-15)11-3-1-10(2-4-11)12-9-20-14(19)21-13(12)18/h1-4,9H,5-8H2,(H4,18,19,20,21). The van der Waals surface area contributed by atoms with E-state index in [0.29, 0.717) is 24.5 Å². The van der Waals surface area contributed by atoms with Crippen LogP contribution in [0.4, 0.5) is 26.2 Å². The molecule has 1 aliphatic rings. The Morgan fingerprint density at radius 3 is 2.27 bits per heavy atom. The topological polar surface area (TPSA) is 81.1 Å². The predicted octanol–water partition coefficient (Wildman–Crippen LogP) is 2.54. The van der Waals surface area contributed by atoms with Gasteiger partial charge in [0.1, 0.15) is 5.82 Å². The third kappa shape index (κ3) is 2.93. The summed E-state index contributed by atoms with van der Waals surface area (Å²) in [4.78, 5) is 9.83. The highest BCUT2D eigenvalue weighted by Gasteiger charge is 2.33. The van der Waals surface area contributed by atoms with Crippen LogP contribution in [0.5, 0.6) is 0 Å². The molecule has 116 valence electrons. The maximum absolute atomic E-state index is 13.2. The summed E-state index contributed by atoms with van der Waals surface area (Å²) in [5, 5.41) is 0. The minimum absolute atomic E-state index is 0.104. The quantitative estimate of drug-likeness (QED) is 0.891. The van der Waals surface area contributed by atoms with Gasteiger partial charge in [-0.05, 0) is 17.7 Å². The molecule has 1 aromatic carbocycles. The van der Waals surface area contributed by atoms with Gasteiger partial charge in [-0.2, -0.15) is 4.98 Å². The van der Waals surface area contributed by atoms with Crippen LogP contribution in [0.3, 0.4) is 0 Å². The molecule has 0 radical (unpaired) electrons. The first kappa shape index (κ1) is 14.5. The van der Waals surface area contributed by atoms with Crippen LogP contribution < -0.4 is 16.4 Å². The zero-order chi connectivity index (χ0) is 15.7. The largest absolute Gasteiger partial charge is 0.383 e. The first-order chi connectivity index (χ1) is 10.4. The van der Waals surface area contributed by atoms with Crippen LogP contribution >= 0.6 is 0 Å². The molecule has 1 aliphatic heterocycles. The molecule has 1 fully saturated rings. The molecule has 2 heterocycles.